The second kappa shape index (κ2) is 7.24. The average molecular weight is 321 g/mol. The highest BCUT2D eigenvalue weighted by Gasteiger charge is 2.10. The first-order chi connectivity index (χ1) is 11.8. The minimum Gasteiger partial charge on any atom is -0.436 e. The molecule has 0 aliphatic rings. The summed E-state index contributed by atoms with van der Waals surface area (Å²) in [6.45, 7) is 2.33. The molecule has 0 unspecified atom stereocenters. The fraction of sp³-hybridized carbons (Fsp3) is 0.176. The highest BCUT2D eigenvalue weighted by molar-refractivity contribution is 5.57. The highest BCUT2D eigenvalue weighted by Crippen LogP contribution is 2.30. The number of hydrogen-bond acceptors (Lipinski definition) is 7. The van der Waals surface area contributed by atoms with Crippen LogP contribution in [0.3, 0.4) is 0 Å². The number of hydrogen-bond donors (Lipinski definition) is 1. The molecule has 3 aromatic rings. The molecule has 7 heteroatoms. The molecule has 24 heavy (non-hydrogen) atoms. The van der Waals surface area contributed by atoms with E-state index in [4.69, 9.17) is 14.4 Å². The van der Waals surface area contributed by atoms with Crippen LogP contribution in [0.15, 0.2) is 47.0 Å². The SMILES string of the molecule is CCc1nnc(CNc2ccccc2Oc2ncccc2C#N)o1. The lowest BCUT2D eigenvalue weighted by molar-refractivity contribution is 0.455. The number of aryl methyl sites for hydroxylation is 1. The summed E-state index contributed by atoms with van der Waals surface area (Å²) in [5.41, 5.74) is 1.11. The fourth-order valence-electron chi connectivity index (χ4n) is 2.04. The lowest BCUT2D eigenvalue weighted by atomic mass is 10.2. The van der Waals surface area contributed by atoms with Crippen LogP contribution in [0.5, 0.6) is 11.6 Å². The van der Waals surface area contributed by atoms with Crippen molar-refractivity contribution in [3.63, 3.8) is 0 Å². The Kier molecular flexibility index (Phi) is 4.68. The molecule has 0 fully saturated rings. The van der Waals surface area contributed by atoms with Gasteiger partial charge in [0.05, 0.1) is 12.2 Å². The van der Waals surface area contributed by atoms with Crippen LogP contribution in [0.25, 0.3) is 0 Å². The Hall–Kier alpha value is -3.40. The molecular weight excluding hydrogens is 306 g/mol. The molecule has 0 radical (unpaired) electrons. The molecule has 7 nitrogen and oxygen atoms in total. The van der Waals surface area contributed by atoms with E-state index in [1.165, 1.54) is 0 Å². The minimum absolute atomic E-state index is 0.264. The van der Waals surface area contributed by atoms with E-state index >= 15 is 0 Å². The molecular formula is C17H15N5O2. The van der Waals surface area contributed by atoms with Crippen LogP contribution in [0, 0.1) is 11.3 Å². The third kappa shape index (κ3) is 3.50. The molecule has 3 rings (SSSR count). The summed E-state index contributed by atoms with van der Waals surface area (Å²) >= 11 is 0. The third-order valence-electron chi connectivity index (χ3n) is 3.23. The van der Waals surface area contributed by atoms with Gasteiger partial charge in [-0.05, 0) is 24.3 Å². The van der Waals surface area contributed by atoms with Gasteiger partial charge in [0, 0.05) is 12.6 Å². The first-order valence-corrected chi connectivity index (χ1v) is 7.47. The topological polar surface area (TPSA) is 96.9 Å². The highest BCUT2D eigenvalue weighted by atomic mass is 16.5. The molecule has 0 saturated carbocycles. The number of pyridine rings is 1. The largest absolute Gasteiger partial charge is 0.436 e. The number of nitriles is 1. The quantitative estimate of drug-likeness (QED) is 0.744. The summed E-state index contributed by atoms with van der Waals surface area (Å²) in [5, 5.41) is 20.2. The van der Waals surface area contributed by atoms with Crippen LogP contribution in [0.2, 0.25) is 0 Å². The molecule has 0 amide bonds. The van der Waals surface area contributed by atoms with Crippen molar-refractivity contribution in [1.29, 1.82) is 5.26 Å². The van der Waals surface area contributed by atoms with Crippen LogP contribution in [-0.4, -0.2) is 15.2 Å². The summed E-state index contributed by atoms with van der Waals surface area (Å²) in [5.74, 6) is 1.92. The van der Waals surface area contributed by atoms with Crippen molar-refractivity contribution in [3.8, 4) is 17.7 Å². The lowest BCUT2D eigenvalue weighted by Crippen LogP contribution is -2.02. The monoisotopic (exact) mass is 321 g/mol. The summed E-state index contributed by atoms with van der Waals surface area (Å²) in [6.07, 6.45) is 2.28. The molecule has 0 saturated heterocycles. The Morgan fingerprint density at radius 1 is 1.17 bits per heavy atom. The average Bonchev–Trinajstić information content (AvgIpc) is 3.09. The number of benzene rings is 1. The summed E-state index contributed by atoms with van der Waals surface area (Å²) in [6, 6.07) is 12.8. The van der Waals surface area contributed by atoms with Crippen LogP contribution in [-0.2, 0) is 13.0 Å². The van der Waals surface area contributed by atoms with Crippen molar-refractivity contribution in [2.45, 2.75) is 19.9 Å². The summed E-state index contributed by atoms with van der Waals surface area (Å²) < 4.78 is 11.3. The zero-order valence-corrected chi connectivity index (χ0v) is 13.1. The van der Waals surface area contributed by atoms with Crippen LogP contribution in [0.1, 0.15) is 24.3 Å². The fourth-order valence-corrected chi connectivity index (χ4v) is 2.04. The second-order valence-corrected chi connectivity index (χ2v) is 4.86. The van der Waals surface area contributed by atoms with Crippen LogP contribution >= 0.6 is 0 Å². The van der Waals surface area contributed by atoms with Gasteiger partial charge < -0.3 is 14.5 Å². The Bertz CT molecular complexity index is 869. The van der Waals surface area contributed by atoms with Crippen molar-refractivity contribution >= 4 is 5.69 Å². The van der Waals surface area contributed by atoms with Gasteiger partial charge in [-0.1, -0.05) is 19.1 Å². The number of para-hydroxylation sites is 2. The van der Waals surface area contributed by atoms with E-state index in [0.717, 1.165) is 5.69 Å². The van der Waals surface area contributed by atoms with Gasteiger partial charge in [0.1, 0.15) is 11.6 Å². The predicted octanol–water partition coefficient (Wildman–Crippen LogP) is 3.30. The number of ether oxygens (including phenoxy) is 1. The Morgan fingerprint density at radius 2 is 2.00 bits per heavy atom. The second-order valence-electron chi connectivity index (χ2n) is 4.86. The summed E-state index contributed by atoms with van der Waals surface area (Å²) in [4.78, 5) is 4.11. The number of nitrogens with zero attached hydrogens (tertiary/aromatic N) is 4. The molecule has 2 aromatic heterocycles. The molecule has 0 bridgehead atoms. The molecule has 1 N–H and O–H groups in total. The summed E-state index contributed by atoms with van der Waals surface area (Å²) in [7, 11) is 0. The lowest BCUT2D eigenvalue weighted by Gasteiger charge is -2.11. The van der Waals surface area contributed by atoms with Gasteiger partial charge in [-0.3, -0.25) is 0 Å². The van der Waals surface area contributed by atoms with Gasteiger partial charge in [-0.2, -0.15) is 5.26 Å². The van der Waals surface area contributed by atoms with E-state index in [9.17, 15) is 0 Å². The maximum atomic E-state index is 9.13. The first kappa shape index (κ1) is 15.5. The van der Waals surface area contributed by atoms with Crippen molar-refractivity contribution in [2.75, 3.05) is 5.32 Å². The number of anilines is 1. The number of nitrogens with one attached hydrogen (secondary N) is 1. The van der Waals surface area contributed by atoms with E-state index < -0.39 is 0 Å². The van der Waals surface area contributed by atoms with Crippen LogP contribution in [0.4, 0.5) is 5.69 Å². The zero-order valence-electron chi connectivity index (χ0n) is 13.1. The van der Waals surface area contributed by atoms with Gasteiger partial charge in [0.2, 0.25) is 17.7 Å². The van der Waals surface area contributed by atoms with Crippen molar-refractivity contribution in [1.82, 2.24) is 15.2 Å². The predicted molar refractivity (Wildman–Crippen MR) is 86.5 cm³/mol. The molecule has 0 aliphatic carbocycles. The van der Waals surface area contributed by atoms with Crippen molar-refractivity contribution in [3.05, 3.63) is 59.9 Å². The standard InChI is InChI=1S/C17H15N5O2/c1-2-15-21-22-16(24-15)11-20-13-7-3-4-8-14(13)23-17-12(10-18)6-5-9-19-17/h3-9,20H,2,11H2,1H3. The first-order valence-electron chi connectivity index (χ1n) is 7.47. The van der Waals surface area contributed by atoms with Gasteiger partial charge in [0.15, 0.2) is 5.75 Å². The van der Waals surface area contributed by atoms with Crippen LogP contribution < -0.4 is 10.1 Å². The molecule has 1 aromatic carbocycles. The maximum absolute atomic E-state index is 9.13. The molecule has 0 aliphatic heterocycles. The van der Waals surface area contributed by atoms with Gasteiger partial charge >= 0.3 is 0 Å². The van der Waals surface area contributed by atoms with Gasteiger partial charge in [-0.15, -0.1) is 10.2 Å². The van der Waals surface area contributed by atoms with E-state index in [0.29, 0.717) is 36.1 Å². The molecule has 2 heterocycles. The van der Waals surface area contributed by atoms with Crippen molar-refractivity contribution in [2.24, 2.45) is 0 Å². The Labute approximate surface area is 138 Å². The van der Waals surface area contributed by atoms with Crippen molar-refractivity contribution < 1.29 is 9.15 Å². The van der Waals surface area contributed by atoms with Gasteiger partial charge in [0.25, 0.3) is 0 Å². The number of rotatable bonds is 6. The zero-order chi connectivity index (χ0) is 16.8. The third-order valence-corrected chi connectivity index (χ3v) is 3.23. The minimum atomic E-state index is 0.264. The van der Waals surface area contributed by atoms with E-state index in [2.05, 4.69) is 26.6 Å². The normalized spacial score (nSPS) is 10.2. The Morgan fingerprint density at radius 3 is 2.79 bits per heavy atom. The van der Waals surface area contributed by atoms with E-state index in [-0.39, 0.29) is 5.88 Å². The Balaban J connectivity index is 1.76. The number of aromatic nitrogens is 3. The van der Waals surface area contributed by atoms with E-state index in [1.54, 1.807) is 24.4 Å². The molecule has 0 atom stereocenters. The molecule has 0 spiro atoms. The molecule has 120 valence electrons. The van der Waals surface area contributed by atoms with Gasteiger partial charge in [-0.25, -0.2) is 4.98 Å². The maximum Gasteiger partial charge on any atom is 0.237 e. The van der Waals surface area contributed by atoms with E-state index in [1.807, 2.05) is 25.1 Å². The smallest absolute Gasteiger partial charge is 0.237 e.